The Hall–Kier alpha value is -3.15. The summed E-state index contributed by atoms with van der Waals surface area (Å²) in [4.78, 5) is 27.6. The summed E-state index contributed by atoms with van der Waals surface area (Å²) in [5.74, 6) is -0.613. The van der Waals surface area contributed by atoms with Crippen molar-refractivity contribution < 1.29 is 14.0 Å². The second-order valence-corrected chi connectivity index (χ2v) is 6.00. The van der Waals surface area contributed by atoms with Crippen LogP contribution in [-0.2, 0) is 4.79 Å². The number of amides is 2. The summed E-state index contributed by atoms with van der Waals surface area (Å²) in [5, 5.41) is 2.64. The maximum Gasteiger partial charge on any atom is 0.253 e. The zero-order valence-electron chi connectivity index (χ0n) is 14.3. The number of halogens is 1. The van der Waals surface area contributed by atoms with E-state index in [9.17, 15) is 14.0 Å². The molecule has 134 valence electrons. The summed E-state index contributed by atoms with van der Waals surface area (Å²) in [5.41, 5.74) is 1.73. The van der Waals surface area contributed by atoms with E-state index < -0.39 is 0 Å². The molecule has 2 aromatic carbocycles. The van der Waals surface area contributed by atoms with E-state index in [2.05, 4.69) is 11.9 Å². The van der Waals surface area contributed by atoms with Crippen LogP contribution in [0.15, 0.2) is 61.2 Å². The van der Waals surface area contributed by atoms with Crippen LogP contribution in [0.2, 0.25) is 0 Å². The largest absolute Gasteiger partial charge is 0.366 e. The number of para-hydroxylation sites is 1. The van der Waals surface area contributed by atoms with Crippen LogP contribution in [-0.4, -0.2) is 42.9 Å². The summed E-state index contributed by atoms with van der Waals surface area (Å²) >= 11 is 0. The van der Waals surface area contributed by atoms with Crippen LogP contribution in [0.4, 0.5) is 15.8 Å². The molecule has 0 bridgehead atoms. The molecule has 3 rings (SSSR count). The van der Waals surface area contributed by atoms with Crippen LogP contribution < -0.4 is 10.2 Å². The van der Waals surface area contributed by atoms with Gasteiger partial charge in [-0.3, -0.25) is 9.59 Å². The fourth-order valence-corrected chi connectivity index (χ4v) is 2.93. The molecule has 5 nitrogen and oxygen atoms in total. The standard InChI is InChI=1S/C20H20FN3O2/c1-2-19(25)22-16-9-7-15(8-10-16)20(26)24-13-11-23(12-14-24)18-6-4-3-5-17(18)21/h2-10H,1,11-14H2,(H,22,25). The minimum absolute atomic E-state index is 0.0696. The number of anilines is 2. The molecule has 1 aliphatic rings. The Kier molecular flexibility index (Phi) is 5.31. The highest BCUT2D eigenvalue weighted by Gasteiger charge is 2.23. The SMILES string of the molecule is C=CC(=O)Nc1ccc(C(=O)N2CCN(c3ccccc3F)CC2)cc1. The summed E-state index contributed by atoms with van der Waals surface area (Å²) in [7, 11) is 0. The second kappa shape index (κ2) is 7.82. The zero-order chi connectivity index (χ0) is 18.5. The van der Waals surface area contributed by atoms with Crippen LogP contribution in [0.3, 0.4) is 0 Å². The van der Waals surface area contributed by atoms with Crippen molar-refractivity contribution >= 4 is 23.2 Å². The lowest BCUT2D eigenvalue weighted by atomic mass is 10.1. The summed E-state index contributed by atoms with van der Waals surface area (Å²) < 4.78 is 13.9. The lowest BCUT2D eigenvalue weighted by Crippen LogP contribution is -2.49. The average Bonchev–Trinajstić information content (AvgIpc) is 2.68. The minimum atomic E-state index is -0.298. The number of piperazine rings is 1. The van der Waals surface area contributed by atoms with Crippen LogP contribution in [0, 0.1) is 5.82 Å². The zero-order valence-corrected chi connectivity index (χ0v) is 14.3. The minimum Gasteiger partial charge on any atom is -0.366 e. The van der Waals surface area contributed by atoms with Crippen molar-refractivity contribution in [1.82, 2.24) is 4.90 Å². The van der Waals surface area contributed by atoms with Gasteiger partial charge in [0.1, 0.15) is 5.82 Å². The molecule has 2 aromatic rings. The number of rotatable bonds is 4. The molecule has 0 saturated carbocycles. The molecule has 0 spiro atoms. The number of nitrogens with one attached hydrogen (secondary N) is 1. The number of benzene rings is 2. The van der Waals surface area contributed by atoms with E-state index in [1.807, 2.05) is 11.0 Å². The summed E-state index contributed by atoms with van der Waals surface area (Å²) in [6.45, 7) is 5.62. The highest BCUT2D eigenvalue weighted by Crippen LogP contribution is 2.21. The smallest absolute Gasteiger partial charge is 0.253 e. The van der Waals surface area contributed by atoms with Gasteiger partial charge in [-0.1, -0.05) is 18.7 Å². The number of carbonyl (C=O) groups is 2. The van der Waals surface area contributed by atoms with E-state index in [0.717, 1.165) is 0 Å². The molecule has 1 N–H and O–H groups in total. The Balaban J connectivity index is 1.61. The number of hydrogen-bond acceptors (Lipinski definition) is 3. The molecule has 6 heteroatoms. The molecule has 0 unspecified atom stereocenters. The van der Waals surface area contributed by atoms with Crippen molar-refractivity contribution in [2.75, 3.05) is 36.4 Å². The lowest BCUT2D eigenvalue weighted by molar-refractivity contribution is -0.111. The monoisotopic (exact) mass is 353 g/mol. The van der Waals surface area contributed by atoms with Gasteiger partial charge >= 0.3 is 0 Å². The highest BCUT2D eigenvalue weighted by atomic mass is 19.1. The van der Waals surface area contributed by atoms with Crippen LogP contribution in [0.5, 0.6) is 0 Å². The Morgan fingerprint density at radius 1 is 1.00 bits per heavy atom. The Bertz CT molecular complexity index is 812. The van der Waals surface area contributed by atoms with Gasteiger partial charge in [0, 0.05) is 37.4 Å². The van der Waals surface area contributed by atoms with Crippen molar-refractivity contribution in [2.45, 2.75) is 0 Å². The number of hydrogen-bond donors (Lipinski definition) is 1. The predicted octanol–water partition coefficient (Wildman–Crippen LogP) is 2.91. The van der Waals surface area contributed by atoms with Gasteiger partial charge in [0.25, 0.3) is 5.91 Å². The van der Waals surface area contributed by atoms with Gasteiger partial charge in [0.05, 0.1) is 5.69 Å². The first-order valence-electron chi connectivity index (χ1n) is 8.40. The van der Waals surface area contributed by atoms with Gasteiger partial charge in [-0.15, -0.1) is 0 Å². The Labute approximate surface area is 151 Å². The summed E-state index contributed by atoms with van der Waals surface area (Å²) in [6.07, 6.45) is 1.19. The molecular formula is C20H20FN3O2. The van der Waals surface area contributed by atoms with Crippen LogP contribution in [0.1, 0.15) is 10.4 Å². The molecule has 1 heterocycles. The molecule has 1 aliphatic heterocycles. The van der Waals surface area contributed by atoms with Gasteiger partial charge in [-0.2, -0.15) is 0 Å². The van der Waals surface area contributed by atoms with E-state index in [1.54, 1.807) is 41.3 Å². The Morgan fingerprint density at radius 2 is 1.65 bits per heavy atom. The average molecular weight is 353 g/mol. The van der Waals surface area contributed by atoms with Crippen molar-refractivity contribution in [3.63, 3.8) is 0 Å². The van der Waals surface area contributed by atoms with E-state index in [1.165, 1.54) is 12.1 Å². The van der Waals surface area contributed by atoms with Gasteiger partial charge in [0.2, 0.25) is 5.91 Å². The number of nitrogens with zero attached hydrogens (tertiary/aromatic N) is 2. The van der Waals surface area contributed by atoms with Gasteiger partial charge < -0.3 is 15.1 Å². The molecule has 0 aliphatic carbocycles. The summed E-state index contributed by atoms with van der Waals surface area (Å²) in [6, 6.07) is 13.4. The van der Waals surface area contributed by atoms with Crippen molar-refractivity contribution in [2.24, 2.45) is 0 Å². The van der Waals surface area contributed by atoms with Crippen molar-refractivity contribution in [3.05, 3.63) is 72.6 Å². The molecule has 0 atom stereocenters. The highest BCUT2D eigenvalue weighted by molar-refractivity contribution is 5.99. The first kappa shape index (κ1) is 17.7. The molecule has 2 amide bonds. The first-order chi connectivity index (χ1) is 12.6. The second-order valence-electron chi connectivity index (χ2n) is 6.00. The molecule has 1 saturated heterocycles. The third kappa shape index (κ3) is 3.91. The third-order valence-corrected chi connectivity index (χ3v) is 4.34. The fraction of sp³-hybridized carbons (Fsp3) is 0.200. The molecule has 26 heavy (non-hydrogen) atoms. The fourth-order valence-electron chi connectivity index (χ4n) is 2.93. The van der Waals surface area contributed by atoms with Crippen molar-refractivity contribution in [3.8, 4) is 0 Å². The van der Waals surface area contributed by atoms with Gasteiger partial charge in [0.15, 0.2) is 0 Å². The maximum absolute atomic E-state index is 13.9. The molecule has 1 fully saturated rings. The van der Waals surface area contributed by atoms with E-state index >= 15 is 0 Å². The van der Waals surface area contributed by atoms with Gasteiger partial charge in [-0.25, -0.2) is 4.39 Å². The molecule has 0 aromatic heterocycles. The predicted molar refractivity (Wildman–Crippen MR) is 99.8 cm³/mol. The van der Waals surface area contributed by atoms with E-state index in [-0.39, 0.29) is 17.6 Å². The lowest BCUT2D eigenvalue weighted by Gasteiger charge is -2.36. The normalized spacial score (nSPS) is 14.0. The van der Waals surface area contributed by atoms with Crippen LogP contribution in [0.25, 0.3) is 0 Å². The molecular weight excluding hydrogens is 333 g/mol. The quantitative estimate of drug-likeness (QED) is 0.860. The maximum atomic E-state index is 13.9. The first-order valence-corrected chi connectivity index (χ1v) is 8.40. The van der Waals surface area contributed by atoms with Crippen LogP contribution >= 0.6 is 0 Å². The number of carbonyl (C=O) groups excluding carboxylic acids is 2. The van der Waals surface area contributed by atoms with E-state index in [4.69, 9.17) is 0 Å². The Morgan fingerprint density at radius 3 is 2.27 bits per heavy atom. The molecule has 0 radical (unpaired) electrons. The van der Waals surface area contributed by atoms with Crippen molar-refractivity contribution in [1.29, 1.82) is 0 Å². The van der Waals surface area contributed by atoms with Gasteiger partial charge in [-0.05, 0) is 42.5 Å². The third-order valence-electron chi connectivity index (χ3n) is 4.34. The topological polar surface area (TPSA) is 52.7 Å². The van der Waals surface area contributed by atoms with E-state index in [0.29, 0.717) is 43.1 Å².